The lowest BCUT2D eigenvalue weighted by atomic mass is 9.83. The third-order valence-electron chi connectivity index (χ3n) is 2.05. The van der Waals surface area contributed by atoms with E-state index in [1.165, 1.54) is 0 Å². The molecule has 0 saturated carbocycles. The van der Waals surface area contributed by atoms with Crippen molar-refractivity contribution in [2.75, 3.05) is 13.2 Å². The zero-order valence-electron chi connectivity index (χ0n) is 6.59. The minimum absolute atomic E-state index is 0. The molecule has 0 radical (unpaired) electrons. The molecule has 0 aromatic heterocycles. The molecule has 1 saturated heterocycles. The van der Waals surface area contributed by atoms with Crippen LogP contribution < -0.4 is 5.73 Å². The van der Waals surface area contributed by atoms with Crippen LogP contribution in [-0.2, 0) is 4.74 Å². The summed E-state index contributed by atoms with van der Waals surface area (Å²) in [4.78, 5) is 0. The summed E-state index contributed by atoms with van der Waals surface area (Å²) >= 11 is 0. The van der Waals surface area contributed by atoms with E-state index < -0.39 is 0 Å². The molecule has 2 N–H and O–H groups in total. The first-order valence-corrected chi connectivity index (χ1v) is 3.46. The van der Waals surface area contributed by atoms with Crippen molar-refractivity contribution in [1.29, 1.82) is 0 Å². The molecule has 1 atom stereocenters. The van der Waals surface area contributed by atoms with Crippen molar-refractivity contribution >= 4 is 12.4 Å². The van der Waals surface area contributed by atoms with Crippen LogP contribution in [0.1, 0.15) is 20.3 Å². The Morgan fingerprint density at radius 3 is 2.40 bits per heavy atom. The Labute approximate surface area is 68.5 Å². The lowest BCUT2D eigenvalue weighted by Gasteiger charge is -2.35. The van der Waals surface area contributed by atoms with Crippen LogP contribution in [-0.4, -0.2) is 19.3 Å². The van der Waals surface area contributed by atoms with Crippen molar-refractivity contribution in [2.45, 2.75) is 26.3 Å². The van der Waals surface area contributed by atoms with Crippen LogP contribution in [0.4, 0.5) is 0 Å². The van der Waals surface area contributed by atoms with Crippen LogP contribution in [0.2, 0.25) is 0 Å². The first kappa shape index (κ1) is 10.2. The molecule has 1 heterocycles. The van der Waals surface area contributed by atoms with Crippen LogP contribution in [0, 0.1) is 5.41 Å². The fourth-order valence-corrected chi connectivity index (χ4v) is 1.04. The maximum atomic E-state index is 5.83. The van der Waals surface area contributed by atoms with Crippen LogP contribution in [0.25, 0.3) is 0 Å². The van der Waals surface area contributed by atoms with Gasteiger partial charge >= 0.3 is 0 Å². The molecule has 1 aliphatic heterocycles. The fourth-order valence-electron chi connectivity index (χ4n) is 1.04. The van der Waals surface area contributed by atoms with Crippen LogP contribution in [0.15, 0.2) is 0 Å². The first-order chi connectivity index (χ1) is 4.13. The van der Waals surface area contributed by atoms with E-state index in [1.54, 1.807) is 0 Å². The zero-order chi connectivity index (χ0) is 6.91. The summed E-state index contributed by atoms with van der Waals surface area (Å²) in [6, 6.07) is 0.325. The Morgan fingerprint density at radius 2 is 2.10 bits per heavy atom. The van der Waals surface area contributed by atoms with Crippen molar-refractivity contribution < 1.29 is 4.74 Å². The maximum Gasteiger partial charge on any atom is 0.0531 e. The Kier molecular flexibility index (Phi) is 3.63. The Bertz CT molecular complexity index is 106. The standard InChI is InChI=1S/C7H15NO.ClH/c1-7(2)5-9-4-3-6(7)8;/h6H,3-5,8H2,1-2H3;1H. The largest absolute Gasteiger partial charge is 0.381 e. The van der Waals surface area contributed by atoms with Gasteiger partial charge in [-0.15, -0.1) is 12.4 Å². The molecule has 3 heteroatoms. The molecule has 1 fully saturated rings. The average molecular weight is 166 g/mol. The van der Waals surface area contributed by atoms with E-state index in [0.29, 0.717) is 6.04 Å². The third kappa shape index (κ3) is 2.11. The smallest absolute Gasteiger partial charge is 0.0531 e. The van der Waals surface area contributed by atoms with E-state index in [2.05, 4.69) is 13.8 Å². The van der Waals surface area contributed by atoms with Gasteiger partial charge in [0.2, 0.25) is 0 Å². The summed E-state index contributed by atoms with van der Waals surface area (Å²) in [6.07, 6.45) is 1.01. The number of rotatable bonds is 0. The van der Waals surface area contributed by atoms with Gasteiger partial charge in [-0.05, 0) is 6.42 Å². The predicted molar refractivity (Wildman–Crippen MR) is 44.4 cm³/mol. The summed E-state index contributed by atoms with van der Waals surface area (Å²) in [5.74, 6) is 0. The SMILES string of the molecule is CC1(C)COCCC1N.Cl. The van der Waals surface area contributed by atoms with Crippen LogP contribution in [0.3, 0.4) is 0 Å². The van der Waals surface area contributed by atoms with E-state index in [0.717, 1.165) is 19.6 Å². The molecule has 0 bridgehead atoms. The molecule has 62 valence electrons. The lowest BCUT2D eigenvalue weighted by Crippen LogP contribution is -2.45. The summed E-state index contributed by atoms with van der Waals surface area (Å²) < 4.78 is 5.28. The molecule has 0 amide bonds. The Morgan fingerprint density at radius 1 is 1.50 bits per heavy atom. The number of ether oxygens (including phenoxy) is 1. The highest BCUT2D eigenvalue weighted by atomic mass is 35.5. The molecule has 1 rings (SSSR count). The van der Waals surface area contributed by atoms with E-state index in [-0.39, 0.29) is 17.8 Å². The average Bonchev–Trinajstić information content (AvgIpc) is 1.77. The third-order valence-corrected chi connectivity index (χ3v) is 2.05. The number of halogens is 1. The lowest BCUT2D eigenvalue weighted by molar-refractivity contribution is -0.00205. The quantitative estimate of drug-likeness (QED) is 0.585. The molecule has 0 aliphatic carbocycles. The van der Waals surface area contributed by atoms with Gasteiger partial charge in [-0.25, -0.2) is 0 Å². The van der Waals surface area contributed by atoms with Gasteiger partial charge in [0.1, 0.15) is 0 Å². The summed E-state index contributed by atoms with van der Waals surface area (Å²) in [7, 11) is 0. The molecular formula is C7H16ClNO. The minimum atomic E-state index is 0. The van der Waals surface area contributed by atoms with E-state index in [4.69, 9.17) is 10.5 Å². The predicted octanol–water partition coefficient (Wildman–Crippen LogP) is 1.18. The molecule has 2 nitrogen and oxygen atoms in total. The van der Waals surface area contributed by atoms with Crippen molar-refractivity contribution in [3.63, 3.8) is 0 Å². The van der Waals surface area contributed by atoms with Gasteiger partial charge in [-0.2, -0.15) is 0 Å². The van der Waals surface area contributed by atoms with E-state index in [9.17, 15) is 0 Å². The monoisotopic (exact) mass is 165 g/mol. The molecule has 0 spiro atoms. The van der Waals surface area contributed by atoms with Gasteiger partial charge in [0.05, 0.1) is 6.61 Å². The second kappa shape index (κ2) is 3.56. The second-order valence-corrected chi connectivity index (χ2v) is 3.44. The maximum absolute atomic E-state index is 5.83. The topological polar surface area (TPSA) is 35.2 Å². The molecule has 10 heavy (non-hydrogen) atoms. The van der Waals surface area contributed by atoms with Gasteiger partial charge in [0, 0.05) is 18.1 Å². The number of hydrogen-bond acceptors (Lipinski definition) is 2. The van der Waals surface area contributed by atoms with Gasteiger partial charge < -0.3 is 10.5 Å². The number of hydrogen-bond donors (Lipinski definition) is 1. The normalized spacial score (nSPS) is 30.9. The van der Waals surface area contributed by atoms with Crippen molar-refractivity contribution in [3.8, 4) is 0 Å². The summed E-state index contributed by atoms with van der Waals surface area (Å²) in [6.45, 7) is 5.95. The van der Waals surface area contributed by atoms with Gasteiger partial charge in [-0.1, -0.05) is 13.8 Å². The van der Waals surface area contributed by atoms with Crippen LogP contribution >= 0.6 is 12.4 Å². The van der Waals surface area contributed by atoms with Crippen LogP contribution in [0.5, 0.6) is 0 Å². The highest BCUT2D eigenvalue weighted by Crippen LogP contribution is 2.25. The van der Waals surface area contributed by atoms with Crippen molar-refractivity contribution in [2.24, 2.45) is 11.1 Å². The van der Waals surface area contributed by atoms with E-state index >= 15 is 0 Å². The van der Waals surface area contributed by atoms with Crippen molar-refractivity contribution in [1.82, 2.24) is 0 Å². The fraction of sp³-hybridized carbons (Fsp3) is 1.00. The van der Waals surface area contributed by atoms with Gasteiger partial charge in [0.25, 0.3) is 0 Å². The molecule has 0 aromatic rings. The Hall–Kier alpha value is 0.210. The van der Waals surface area contributed by atoms with E-state index in [1.807, 2.05) is 0 Å². The Balaban J connectivity index is 0.000000810. The van der Waals surface area contributed by atoms with Gasteiger partial charge in [0.15, 0.2) is 0 Å². The number of nitrogens with two attached hydrogens (primary N) is 1. The summed E-state index contributed by atoms with van der Waals surface area (Å²) in [5, 5.41) is 0. The highest BCUT2D eigenvalue weighted by Gasteiger charge is 2.29. The molecule has 0 aromatic carbocycles. The molecule has 1 unspecified atom stereocenters. The second-order valence-electron chi connectivity index (χ2n) is 3.44. The highest BCUT2D eigenvalue weighted by molar-refractivity contribution is 5.85. The molecular weight excluding hydrogens is 150 g/mol. The first-order valence-electron chi connectivity index (χ1n) is 3.46. The summed E-state index contributed by atoms with van der Waals surface area (Å²) in [5.41, 5.74) is 6.03. The molecule has 1 aliphatic rings. The zero-order valence-corrected chi connectivity index (χ0v) is 7.41. The minimum Gasteiger partial charge on any atom is -0.381 e. The van der Waals surface area contributed by atoms with Crippen molar-refractivity contribution in [3.05, 3.63) is 0 Å². The van der Waals surface area contributed by atoms with Gasteiger partial charge in [-0.3, -0.25) is 0 Å².